The molecule has 0 N–H and O–H groups in total. The molecule has 3 heteroatoms. The van der Waals surface area contributed by atoms with Crippen LogP contribution >= 0.6 is 19.8 Å². The van der Waals surface area contributed by atoms with Gasteiger partial charge in [-0.15, -0.1) is 0 Å². The molecule has 0 nitrogen and oxygen atoms in total. The van der Waals surface area contributed by atoms with Crippen LogP contribution in [0.4, 0.5) is 0 Å². The van der Waals surface area contributed by atoms with Gasteiger partial charge in [-0.2, -0.15) is 19.8 Å². The van der Waals surface area contributed by atoms with Gasteiger partial charge in [0.2, 0.25) is 0 Å². The van der Waals surface area contributed by atoms with Crippen molar-refractivity contribution in [3.8, 4) is 0 Å². The quantitative estimate of drug-likeness (QED) is 0.419. The van der Waals surface area contributed by atoms with Crippen molar-refractivity contribution >= 4 is 40.9 Å². The standard InChI is InChI=1S/2C3H7.2H3P.Sn/c2*1-3-2;;;/h2*1,3H2,2H3;2*1H3;. The van der Waals surface area contributed by atoms with Crippen LogP contribution in [0.5, 0.6) is 0 Å². The minimum atomic E-state index is 0. The Bertz CT molecular complexity index is 30.2. The topological polar surface area (TPSA) is 0 Å². The average molecular weight is 273 g/mol. The average Bonchev–Trinajstić information content (AvgIpc) is 1.69. The summed E-state index contributed by atoms with van der Waals surface area (Å²) in [5.41, 5.74) is 0. The van der Waals surface area contributed by atoms with E-state index in [1.807, 2.05) is 0 Å². The normalized spacial score (nSPS) is 7.33. The molecule has 2 unspecified atom stereocenters. The zero-order valence-corrected chi connectivity index (χ0v) is 12.4. The largest absolute Gasteiger partial charge is 0.153 e. The summed E-state index contributed by atoms with van der Waals surface area (Å²) in [6, 6.07) is 0. The second kappa shape index (κ2) is 16.3. The maximum atomic E-state index is 2.29. The van der Waals surface area contributed by atoms with E-state index in [1.54, 1.807) is 8.87 Å². The van der Waals surface area contributed by atoms with Gasteiger partial charge in [0.05, 0.1) is 0 Å². The molecule has 2 radical (unpaired) electrons. The van der Waals surface area contributed by atoms with Crippen LogP contribution in [0, 0.1) is 0 Å². The van der Waals surface area contributed by atoms with Gasteiger partial charge in [-0.3, -0.25) is 0 Å². The van der Waals surface area contributed by atoms with Gasteiger partial charge >= 0.3 is 56.7 Å². The van der Waals surface area contributed by atoms with Crippen molar-refractivity contribution in [2.24, 2.45) is 0 Å². The Kier molecular flexibility index (Phi) is 30.8. The molecule has 0 aromatic rings. The van der Waals surface area contributed by atoms with Crippen molar-refractivity contribution in [3.05, 3.63) is 0 Å². The summed E-state index contributed by atoms with van der Waals surface area (Å²) in [4.78, 5) is 0. The number of rotatable bonds is 4. The third kappa shape index (κ3) is 17.7. The Morgan fingerprint density at radius 2 is 1.22 bits per heavy atom. The number of hydrogen-bond acceptors (Lipinski definition) is 0. The SMILES string of the molecule is CC[CH2][Sn][CH2]CC.P.P. The maximum Gasteiger partial charge on any atom is -0.153 e. The molecule has 0 aromatic heterocycles. The summed E-state index contributed by atoms with van der Waals surface area (Å²) < 4.78 is 3.19. The van der Waals surface area contributed by atoms with E-state index in [2.05, 4.69) is 13.8 Å². The molecule has 0 aliphatic rings. The van der Waals surface area contributed by atoms with Crippen LogP contribution < -0.4 is 0 Å². The second-order valence-corrected chi connectivity index (χ2v) is 6.03. The van der Waals surface area contributed by atoms with Crippen LogP contribution in [0.1, 0.15) is 26.7 Å². The molecule has 0 rings (SSSR count). The van der Waals surface area contributed by atoms with E-state index in [0.29, 0.717) is 0 Å². The fraction of sp³-hybridized carbons (Fsp3) is 1.00. The summed E-state index contributed by atoms with van der Waals surface area (Å²) in [6.07, 6.45) is 2.87. The maximum absolute atomic E-state index is 2.29. The third-order valence-corrected chi connectivity index (χ3v) is 5.73. The van der Waals surface area contributed by atoms with E-state index in [0.717, 1.165) is 0 Å². The van der Waals surface area contributed by atoms with Gasteiger partial charge < -0.3 is 0 Å². The Morgan fingerprint density at radius 3 is 1.44 bits per heavy atom. The van der Waals surface area contributed by atoms with Gasteiger partial charge in [-0.05, 0) is 0 Å². The molecule has 9 heavy (non-hydrogen) atoms. The van der Waals surface area contributed by atoms with Crippen LogP contribution in [0.3, 0.4) is 0 Å². The summed E-state index contributed by atoms with van der Waals surface area (Å²) in [6.45, 7) is 4.58. The van der Waals surface area contributed by atoms with E-state index in [9.17, 15) is 0 Å². The zero-order chi connectivity index (χ0) is 5.54. The summed E-state index contributed by atoms with van der Waals surface area (Å²) >= 11 is 0.181. The molecule has 0 bridgehead atoms. The minimum absolute atomic E-state index is 0. The van der Waals surface area contributed by atoms with E-state index < -0.39 is 0 Å². The first-order chi connectivity index (χ1) is 3.41. The summed E-state index contributed by atoms with van der Waals surface area (Å²) in [5, 5.41) is 0. The monoisotopic (exact) mass is 274 g/mol. The van der Waals surface area contributed by atoms with E-state index in [1.165, 1.54) is 12.8 Å². The Labute approximate surface area is 76.4 Å². The Balaban J connectivity index is -0.000000180. The first kappa shape index (κ1) is 17.0. The molecular weight excluding hydrogens is 253 g/mol. The molecule has 0 spiro atoms. The summed E-state index contributed by atoms with van der Waals surface area (Å²) in [5.74, 6) is 0. The zero-order valence-electron chi connectivity index (χ0n) is 6.74. The van der Waals surface area contributed by atoms with E-state index in [4.69, 9.17) is 0 Å². The third-order valence-electron chi connectivity index (χ3n) is 0.854. The van der Waals surface area contributed by atoms with Gasteiger partial charge in [0, 0.05) is 0 Å². The molecule has 0 aliphatic carbocycles. The van der Waals surface area contributed by atoms with E-state index in [-0.39, 0.29) is 40.9 Å². The van der Waals surface area contributed by atoms with Crippen molar-refractivity contribution in [2.45, 2.75) is 35.6 Å². The Hall–Kier alpha value is 1.66. The molecule has 2 atom stereocenters. The predicted octanol–water partition coefficient (Wildman–Crippen LogP) is 2.46. The first-order valence-corrected chi connectivity index (χ1v) is 7.16. The van der Waals surface area contributed by atoms with Crippen LogP contribution in [0.15, 0.2) is 0 Å². The van der Waals surface area contributed by atoms with Crippen molar-refractivity contribution in [3.63, 3.8) is 0 Å². The van der Waals surface area contributed by atoms with Crippen molar-refractivity contribution < 1.29 is 0 Å². The summed E-state index contributed by atoms with van der Waals surface area (Å²) in [7, 11) is 0. The first-order valence-electron chi connectivity index (χ1n) is 3.12. The molecule has 0 amide bonds. The molecule has 0 saturated heterocycles. The fourth-order valence-corrected chi connectivity index (χ4v) is 3.21. The molecule has 0 fully saturated rings. The minimum Gasteiger partial charge on any atom is -0.153 e. The molecular formula is C6H20P2Sn. The van der Waals surface area contributed by atoms with Crippen molar-refractivity contribution in [1.29, 1.82) is 0 Å². The van der Waals surface area contributed by atoms with Crippen molar-refractivity contribution in [2.75, 3.05) is 0 Å². The predicted molar refractivity (Wildman–Crippen MR) is 58.2 cm³/mol. The van der Waals surface area contributed by atoms with Crippen molar-refractivity contribution in [1.82, 2.24) is 0 Å². The molecule has 0 aromatic carbocycles. The Morgan fingerprint density at radius 1 is 0.889 bits per heavy atom. The molecule has 0 aliphatic heterocycles. The van der Waals surface area contributed by atoms with Crippen LogP contribution in [-0.2, 0) is 0 Å². The van der Waals surface area contributed by atoms with Crippen LogP contribution in [-0.4, -0.2) is 21.1 Å². The van der Waals surface area contributed by atoms with Crippen LogP contribution in [0.25, 0.3) is 0 Å². The second-order valence-electron chi connectivity index (χ2n) is 1.75. The number of hydrogen-bond donors (Lipinski definition) is 0. The van der Waals surface area contributed by atoms with Crippen LogP contribution in [0.2, 0.25) is 8.87 Å². The van der Waals surface area contributed by atoms with Gasteiger partial charge in [0.25, 0.3) is 0 Å². The molecule has 58 valence electrons. The molecule has 0 heterocycles. The fourth-order valence-electron chi connectivity index (χ4n) is 0.479. The van der Waals surface area contributed by atoms with Gasteiger partial charge in [0.15, 0.2) is 0 Å². The van der Waals surface area contributed by atoms with E-state index >= 15 is 0 Å². The van der Waals surface area contributed by atoms with Gasteiger partial charge in [-0.25, -0.2) is 0 Å². The van der Waals surface area contributed by atoms with Gasteiger partial charge in [-0.1, -0.05) is 0 Å². The van der Waals surface area contributed by atoms with Gasteiger partial charge in [0.1, 0.15) is 0 Å². The molecule has 0 saturated carbocycles. The smallest absolute Gasteiger partial charge is 0.153 e.